The lowest BCUT2D eigenvalue weighted by Crippen LogP contribution is -2.53. The van der Waals surface area contributed by atoms with E-state index in [4.69, 9.17) is 4.74 Å². The van der Waals surface area contributed by atoms with Crippen molar-refractivity contribution in [3.05, 3.63) is 107 Å². The second kappa shape index (κ2) is 12.2. The molecule has 1 unspecified atom stereocenters. The number of benzene rings is 3. The van der Waals surface area contributed by atoms with Crippen LogP contribution in [0.4, 0.5) is 9.18 Å². The van der Waals surface area contributed by atoms with Gasteiger partial charge in [0.1, 0.15) is 24.5 Å². The maximum absolute atomic E-state index is 13.2. The topological polar surface area (TPSA) is 105 Å². The number of hydrogen-bond acceptors (Lipinski definition) is 4. The molecule has 34 heavy (non-hydrogen) atoms. The van der Waals surface area contributed by atoms with Crippen molar-refractivity contribution in [2.45, 2.75) is 31.5 Å². The largest absolute Gasteiger partial charge is 0.480 e. The van der Waals surface area contributed by atoms with Crippen LogP contribution in [0, 0.1) is 5.82 Å². The Kier molecular flexibility index (Phi) is 8.73. The summed E-state index contributed by atoms with van der Waals surface area (Å²) in [5.74, 6) is -2.36. The number of halogens is 1. The van der Waals surface area contributed by atoms with Gasteiger partial charge >= 0.3 is 12.1 Å². The van der Waals surface area contributed by atoms with Crippen molar-refractivity contribution in [2.75, 3.05) is 0 Å². The summed E-state index contributed by atoms with van der Waals surface area (Å²) in [7, 11) is 0. The Hall–Kier alpha value is -4.20. The number of ether oxygens (including phenoxy) is 1. The number of carboxylic acids is 1. The van der Waals surface area contributed by atoms with Gasteiger partial charge in [-0.05, 0) is 28.8 Å². The molecule has 2 amide bonds. The fourth-order valence-electron chi connectivity index (χ4n) is 3.29. The van der Waals surface area contributed by atoms with Gasteiger partial charge in [-0.1, -0.05) is 72.8 Å². The van der Waals surface area contributed by atoms with Crippen LogP contribution in [-0.2, 0) is 33.8 Å². The molecule has 7 nitrogen and oxygen atoms in total. The number of hydrogen-bond donors (Lipinski definition) is 3. The van der Waals surface area contributed by atoms with Gasteiger partial charge in [-0.15, -0.1) is 0 Å². The van der Waals surface area contributed by atoms with Gasteiger partial charge in [-0.25, -0.2) is 14.0 Å². The molecule has 0 fully saturated rings. The van der Waals surface area contributed by atoms with Crippen molar-refractivity contribution < 1.29 is 28.6 Å². The van der Waals surface area contributed by atoms with Crippen molar-refractivity contribution in [1.29, 1.82) is 0 Å². The third-order valence-electron chi connectivity index (χ3n) is 5.07. The molecular weight excluding hydrogens is 439 g/mol. The van der Waals surface area contributed by atoms with Crippen molar-refractivity contribution in [3.63, 3.8) is 0 Å². The zero-order valence-electron chi connectivity index (χ0n) is 18.3. The Morgan fingerprint density at radius 1 is 0.735 bits per heavy atom. The summed E-state index contributed by atoms with van der Waals surface area (Å²) < 4.78 is 18.4. The Labute approximate surface area is 196 Å². The lowest BCUT2D eigenvalue weighted by Gasteiger charge is -2.21. The van der Waals surface area contributed by atoms with Crippen LogP contribution < -0.4 is 10.6 Å². The highest BCUT2D eigenvalue weighted by atomic mass is 19.1. The van der Waals surface area contributed by atoms with Crippen LogP contribution in [0.3, 0.4) is 0 Å². The van der Waals surface area contributed by atoms with E-state index in [-0.39, 0.29) is 19.4 Å². The number of aliphatic carboxylic acids is 1. The van der Waals surface area contributed by atoms with Crippen molar-refractivity contribution in [3.8, 4) is 0 Å². The molecule has 0 radical (unpaired) electrons. The lowest BCUT2D eigenvalue weighted by molar-refractivity contribution is -0.142. The molecule has 8 heteroatoms. The number of carbonyl (C=O) groups is 3. The fourth-order valence-corrected chi connectivity index (χ4v) is 3.29. The molecule has 3 N–H and O–H groups in total. The minimum absolute atomic E-state index is 0.0225. The second-order valence-electron chi connectivity index (χ2n) is 7.68. The van der Waals surface area contributed by atoms with Gasteiger partial charge in [0.15, 0.2) is 0 Å². The maximum Gasteiger partial charge on any atom is 0.408 e. The molecule has 3 aromatic rings. The molecule has 0 bridgehead atoms. The molecule has 0 aliphatic heterocycles. The average Bonchev–Trinajstić information content (AvgIpc) is 2.84. The van der Waals surface area contributed by atoms with Crippen LogP contribution in [0.1, 0.15) is 16.7 Å². The minimum atomic E-state index is -1.27. The summed E-state index contributed by atoms with van der Waals surface area (Å²) in [6.07, 6.45) is -0.709. The number of carbonyl (C=O) groups excluding carboxylic acids is 2. The zero-order chi connectivity index (χ0) is 24.3. The number of nitrogens with one attached hydrogen (secondary N) is 2. The molecule has 0 spiro atoms. The highest BCUT2D eigenvalue weighted by molar-refractivity contribution is 5.89. The predicted octanol–water partition coefficient (Wildman–Crippen LogP) is 3.48. The normalized spacial score (nSPS) is 12.3. The van der Waals surface area contributed by atoms with Crippen LogP contribution >= 0.6 is 0 Å². The monoisotopic (exact) mass is 464 g/mol. The van der Waals surface area contributed by atoms with Gasteiger partial charge in [0.25, 0.3) is 0 Å². The molecule has 0 heterocycles. The van der Waals surface area contributed by atoms with E-state index in [9.17, 15) is 23.9 Å². The van der Waals surface area contributed by atoms with Crippen LogP contribution in [-0.4, -0.2) is 35.2 Å². The SMILES string of the molecule is O=C(N[C@@H](Cc1ccccc1)C(=O)NC(Cc1ccc(F)cc1)C(=O)O)OCc1ccccc1. The Morgan fingerprint density at radius 3 is 1.85 bits per heavy atom. The molecule has 3 aromatic carbocycles. The van der Waals surface area contributed by atoms with Crippen LogP contribution in [0.15, 0.2) is 84.9 Å². The summed E-state index contributed by atoms with van der Waals surface area (Å²) >= 11 is 0. The van der Waals surface area contributed by atoms with E-state index in [2.05, 4.69) is 10.6 Å². The van der Waals surface area contributed by atoms with Gasteiger partial charge in [0.2, 0.25) is 5.91 Å². The first-order chi connectivity index (χ1) is 16.4. The van der Waals surface area contributed by atoms with E-state index in [1.807, 2.05) is 24.3 Å². The smallest absolute Gasteiger partial charge is 0.408 e. The van der Waals surface area contributed by atoms with Gasteiger partial charge in [0.05, 0.1) is 0 Å². The minimum Gasteiger partial charge on any atom is -0.480 e. The molecular formula is C26H25FN2O5. The predicted molar refractivity (Wildman–Crippen MR) is 123 cm³/mol. The van der Waals surface area contributed by atoms with Crippen LogP contribution in [0.5, 0.6) is 0 Å². The first-order valence-corrected chi connectivity index (χ1v) is 10.7. The second-order valence-corrected chi connectivity index (χ2v) is 7.68. The third-order valence-corrected chi connectivity index (χ3v) is 5.07. The standard InChI is InChI=1S/C26H25FN2O5/c27-21-13-11-19(12-14-21)16-23(25(31)32)28-24(30)22(15-18-7-3-1-4-8-18)29-26(33)34-17-20-9-5-2-6-10-20/h1-14,22-23H,15-17H2,(H,28,30)(H,29,33)(H,31,32)/t22-,23?/m0/s1. The van der Waals surface area contributed by atoms with E-state index in [1.165, 1.54) is 24.3 Å². The number of amides is 2. The van der Waals surface area contributed by atoms with Crippen molar-refractivity contribution in [2.24, 2.45) is 0 Å². The molecule has 0 aromatic heterocycles. The van der Waals surface area contributed by atoms with Crippen molar-refractivity contribution in [1.82, 2.24) is 10.6 Å². The first-order valence-electron chi connectivity index (χ1n) is 10.7. The Bertz CT molecular complexity index is 1090. The van der Waals surface area contributed by atoms with Gasteiger partial charge in [-0.3, -0.25) is 4.79 Å². The van der Waals surface area contributed by atoms with Crippen molar-refractivity contribution >= 4 is 18.0 Å². The quantitative estimate of drug-likeness (QED) is 0.426. The summed E-state index contributed by atoms with van der Waals surface area (Å²) in [6, 6.07) is 21.1. The number of alkyl carbamates (subject to hydrolysis) is 1. The Morgan fingerprint density at radius 2 is 1.26 bits per heavy atom. The third kappa shape index (κ3) is 7.74. The van der Waals surface area contributed by atoms with E-state index in [0.717, 1.165) is 11.1 Å². The van der Waals surface area contributed by atoms with Gasteiger partial charge < -0.3 is 20.5 Å². The molecule has 2 atom stereocenters. The maximum atomic E-state index is 13.2. The van der Waals surface area contributed by atoms with Crippen LogP contribution in [0.2, 0.25) is 0 Å². The zero-order valence-corrected chi connectivity index (χ0v) is 18.3. The highest BCUT2D eigenvalue weighted by Crippen LogP contribution is 2.09. The van der Waals surface area contributed by atoms with Gasteiger partial charge in [-0.2, -0.15) is 0 Å². The van der Waals surface area contributed by atoms with E-state index < -0.39 is 35.9 Å². The van der Waals surface area contributed by atoms with Gasteiger partial charge in [0, 0.05) is 12.8 Å². The molecule has 0 aliphatic rings. The fraction of sp³-hybridized carbons (Fsp3) is 0.192. The summed E-state index contributed by atoms with van der Waals surface area (Å²) in [5.41, 5.74) is 2.10. The Balaban J connectivity index is 1.68. The van der Waals surface area contributed by atoms with E-state index in [1.54, 1.807) is 36.4 Å². The molecule has 0 saturated carbocycles. The molecule has 0 saturated heterocycles. The molecule has 3 rings (SSSR count). The number of carboxylic acid groups (broad SMARTS) is 1. The number of rotatable bonds is 10. The first kappa shape index (κ1) is 24.4. The van der Waals surface area contributed by atoms with Crippen LogP contribution in [0.25, 0.3) is 0 Å². The molecule has 0 aliphatic carbocycles. The van der Waals surface area contributed by atoms with E-state index in [0.29, 0.717) is 5.56 Å². The van der Waals surface area contributed by atoms with E-state index >= 15 is 0 Å². The lowest BCUT2D eigenvalue weighted by atomic mass is 10.0. The average molecular weight is 464 g/mol. The summed E-state index contributed by atoms with van der Waals surface area (Å²) in [6.45, 7) is 0.0225. The summed E-state index contributed by atoms with van der Waals surface area (Å²) in [5, 5.41) is 14.6. The highest BCUT2D eigenvalue weighted by Gasteiger charge is 2.27. The summed E-state index contributed by atoms with van der Waals surface area (Å²) in [4.78, 5) is 37.2. The molecule has 176 valence electrons.